The quantitative estimate of drug-likeness (QED) is 0.698. The van der Waals surface area contributed by atoms with Gasteiger partial charge in [0.2, 0.25) is 0 Å². The van der Waals surface area contributed by atoms with E-state index in [2.05, 4.69) is 25.5 Å². The van der Waals surface area contributed by atoms with Crippen LogP contribution in [0.4, 0.5) is 13.2 Å². The molecule has 1 atom stereocenters. The monoisotopic (exact) mass is 406 g/mol. The van der Waals surface area contributed by atoms with Gasteiger partial charge in [0.05, 0.1) is 6.04 Å². The van der Waals surface area contributed by atoms with Gasteiger partial charge in [-0.2, -0.15) is 23.3 Å². The fraction of sp³-hybridized carbons (Fsp3) is 0.389. The van der Waals surface area contributed by atoms with E-state index in [9.17, 15) is 18.0 Å². The van der Waals surface area contributed by atoms with Crippen molar-refractivity contribution in [1.82, 2.24) is 30.2 Å². The second-order valence-corrected chi connectivity index (χ2v) is 6.93. The van der Waals surface area contributed by atoms with Gasteiger partial charge in [-0.05, 0) is 31.9 Å². The molecule has 3 aromatic heterocycles. The average molecular weight is 406 g/mol. The summed E-state index contributed by atoms with van der Waals surface area (Å²) in [6, 6.07) is 3.65. The first-order valence-corrected chi connectivity index (χ1v) is 8.94. The van der Waals surface area contributed by atoms with Crippen molar-refractivity contribution in [1.29, 1.82) is 0 Å². The molecule has 0 bridgehead atoms. The van der Waals surface area contributed by atoms with Crippen molar-refractivity contribution in [3.63, 3.8) is 0 Å². The molecule has 8 nitrogen and oxygen atoms in total. The van der Waals surface area contributed by atoms with Crippen LogP contribution in [-0.2, 0) is 13.2 Å². The van der Waals surface area contributed by atoms with Crippen LogP contribution in [0.3, 0.4) is 0 Å². The van der Waals surface area contributed by atoms with Crippen LogP contribution < -0.4 is 5.32 Å². The van der Waals surface area contributed by atoms with Crippen molar-refractivity contribution in [2.24, 2.45) is 7.05 Å². The van der Waals surface area contributed by atoms with Gasteiger partial charge in [0.15, 0.2) is 11.5 Å². The summed E-state index contributed by atoms with van der Waals surface area (Å²) in [5.74, 6) is 0.229. The number of aryl methyl sites for hydroxylation is 1. The Hall–Kier alpha value is -3.24. The molecule has 1 N–H and O–H groups in total. The highest BCUT2D eigenvalue weighted by molar-refractivity contribution is 5.92. The van der Waals surface area contributed by atoms with E-state index in [1.807, 2.05) is 6.07 Å². The maximum atomic E-state index is 12.8. The van der Waals surface area contributed by atoms with Crippen LogP contribution in [0.15, 0.2) is 28.9 Å². The second kappa shape index (κ2) is 6.98. The van der Waals surface area contributed by atoms with Gasteiger partial charge in [0, 0.05) is 36.5 Å². The molecule has 152 valence electrons. The van der Waals surface area contributed by atoms with Crippen LogP contribution >= 0.6 is 0 Å². The topological polar surface area (TPSA) is 98.7 Å². The molecule has 0 radical (unpaired) electrons. The number of hydrogen-bond acceptors (Lipinski definition) is 6. The Balaban J connectivity index is 1.48. The number of carbonyl (C=O) groups excluding carboxylic acids is 1. The lowest BCUT2D eigenvalue weighted by molar-refractivity contribution is -0.141. The molecule has 0 aliphatic heterocycles. The summed E-state index contributed by atoms with van der Waals surface area (Å²) in [5.41, 5.74) is 0.334. The Morgan fingerprint density at radius 2 is 2.10 bits per heavy atom. The van der Waals surface area contributed by atoms with Crippen molar-refractivity contribution >= 4 is 5.91 Å². The number of halogens is 3. The van der Waals surface area contributed by atoms with Gasteiger partial charge in [-0.3, -0.25) is 14.5 Å². The maximum Gasteiger partial charge on any atom is 0.435 e. The zero-order valence-electron chi connectivity index (χ0n) is 15.6. The highest BCUT2D eigenvalue weighted by Crippen LogP contribution is 2.39. The van der Waals surface area contributed by atoms with E-state index in [0.717, 1.165) is 28.8 Å². The van der Waals surface area contributed by atoms with Crippen LogP contribution in [0.2, 0.25) is 0 Å². The van der Waals surface area contributed by atoms with E-state index in [4.69, 9.17) is 4.52 Å². The van der Waals surface area contributed by atoms with E-state index in [-0.39, 0.29) is 17.4 Å². The SMILES string of the molecule is C[C@H](NC(=O)c1cc(C(F)(F)F)nn1C)c1noc(-c2ccnc(C3CC3)c2)n1. The largest absolute Gasteiger partial charge is 0.435 e. The molecule has 0 aromatic carbocycles. The van der Waals surface area contributed by atoms with Gasteiger partial charge < -0.3 is 9.84 Å². The van der Waals surface area contributed by atoms with E-state index in [1.54, 1.807) is 19.2 Å². The van der Waals surface area contributed by atoms with Crippen LogP contribution in [0, 0.1) is 0 Å². The third kappa shape index (κ3) is 3.98. The standard InChI is InChI=1S/C18H17F3N6O2/c1-9(23-16(28)13-8-14(18(19,20)21)25-27(13)2)15-24-17(29-26-15)11-5-6-22-12(7-11)10-3-4-10/h5-10H,3-4H2,1-2H3,(H,23,28)/t9-/m0/s1. The Bertz CT molecular complexity index is 1050. The Morgan fingerprint density at radius 1 is 1.34 bits per heavy atom. The molecule has 1 aliphatic carbocycles. The Morgan fingerprint density at radius 3 is 2.76 bits per heavy atom. The number of alkyl halides is 3. The molecule has 4 rings (SSSR count). The van der Waals surface area contributed by atoms with Crippen molar-refractivity contribution in [3.05, 3.63) is 47.3 Å². The molecule has 11 heteroatoms. The number of amides is 1. The zero-order valence-corrected chi connectivity index (χ0v) is 15.6. The predicted molar refractivity (Wildman–Crippen MR) is 93.6 cm³/mol. The van der Waals surface area contributed by atoms with Gasteiger partial charge in [0.25, 0.3) is 11.8 Å². The van der Waals surface area contributed by atoms with Crippen LogP contribution in [0.1, 0.15) is 59.4 Å². The number of pyridine rings is 1. The minimum absolute atomic E-state index is 0.205. The van der Waals surface area contributed by atoms with Gasteiger partial charge in [-0.25, -0.2) is 0 Å². The molecule has 0 saturated heterocycles. The summed E-state index contributed by atoms with van der Waals surface area (Å²) < 4.78 is 44.5. The predicted octanol–water partition coefficient (Wildman–Crippen LogP) is 3.25. The summed E-state index contributed by atoms with van der Waals surface area (Å²) in [5, 5.41) is 9.76. The molecule has 1 aliphatic rings. The van der Waals surface area contributed by atoms with Crippen molar-refractivity contribution in [2.45, 2.75) is 37.9 Å². The van der Waals surface area contributed by atoms with E-state index >= 15 is 0 Å². The average Bonchev–Trinajstić information content (AvgIpc) is 3.25. The summed E-state index contributed by atoms with van der Waals surface area (Å²) in [4.78, 5) is 21.0. The minimum Gasteiger partial charge on any atom is -0.341 e. The maximum absolute atomic E-state index is 12.8. The highest BCUT2D eigenvalue weighted by atomic mass is 19.4. The molecule has 3 aromatic rings. The Kier molecular flexibility index (Phi) is 4.59. The molecule has 1 amide bonds. The van der Waals surface area contributed by atoms with Crippen molar-refractivity contribution in [2.75, 3.05) is 0 Å². The Labute approximate surface area is 163 Å². The zero-order chi connectivity index (χ0) is 20.8. The van der Waals surface area contributed by atoms with Gasteiger partial charge in [-0.1, -0.05) is 5.16 Å². The van der Waals surface area contributed by atoms with E-state index in [1.165, 1.54) is 7.05 Å². The molecule has 0 spiro atoms. The summed E-state index contributed by atoms with van der Waals surface area (Å²) in [7, 11) is 1.27. The number of carbonyl (C=O) groups is 1. The first-order valence-electron chi connectivity index (χ1n) is 8.94. The number of aromatic nitrogens is 5. The summed E-state index contributed by atoms with van der Waals surface area (Å²) >= 11 is 0. The lowest BCUT2D eigenvalue weighted by atomic mass is 10.2. The van der Waals surface area contributed by atoms with Crippen LogP contribution in [0.5, 0.6) is 0 Å². The van der Waals surface area contributed by atoms with E-state index < -0.39 is 23.8 Å². The molecule has 0 unspecified atom stereocenters. The molecular formula is C18H17F3N6O2. The molecule has 3 heterocycles. The van der Waals surface area contributed by atoms with Gasteiger partial charge in [0.1, 0.15) is 5.69 Å². The first-order chi connectivity index (χ1) is 13.7. The third-order valence-electron chi connectivity index (χ3n) is 4.60. The van der Waals surface area contributed by atoms with Crippen molar-refractivity contribution in [3.8, 4) is 11.5 Å². The number of rotatable bonds is 5. The number of hydrogen-bond donors (Lipinski definition) is 1. The fourth-order valence-electron chi connectivity index (χ4n) is 2.87. The molecular weight excluding hydrogens is 389 g/mol. The van der Waals surface area contributed by atoms with Gasteiger partial charge >= 0.3 is 6.18 Å². The lowest BCUT2D eigenvalue weighted by Gasteiger charge is -2.09. The van der Waals surface area contributed by atoms with Gasteiger partial charge in [-0.15, -0.1) is 0 Å². The second-order valence-electron chi connectivity index (χ2n) is 6.93. The third-order valence-corrected chi connectivity index (χ3v) is 4.60. The van der Waals surface area contributed by atoms with Crippen LogP contribution in [-0.4, -0.2) is 30.8 Å². The smallest absolute Gasteiger partial charge is 0.341 e. The molecule has 1 fully saturated rings. The van der Waals surface area contributed by atoms with Crippen molar-refractivity contribution < 1.29 is 22.5 Å². The lowest BCUT2D eigenvalue weighted by Crippen LogP contribution is -2.29. The summed E-state index contributed by atoms with van der Waals surface area (Å²) in [6.45, 7) is 1.61. The fourth-order valence-corrected chi connectivity index (χ4v) is 2.87. The summed E-state index contributed by atoms with van der Waals surface area (Å²) in [6.07, 6.45) is -0.732. The molecule has 29 heavy (non-hydrogen) atoms. The normalized spacial score (nSPS) is 15.3. The van der Waals surface area contributed by atoms with E-state index in [0.29, 0.717) is 12.0 Å². The highest BCUT2D eigenvalue weighted by Gasteiger charge is 2.35. The number of nitrogens with zero attached hydrogens (tertiary/aromatic N) is 5. The number of nitrogens with one attached hydrogen (secondary N) is 1. The van der Waals surface area contributed by atoms with Crippen LogP contribution in [0.25, 0.3) is 11.5 Å². The first kappa shape index (κ1) is 19.1. The minimum atomic E-state index is -4.63. The molecule has 1 saturated carbocycles.